The summed E-state index contributed by atoms with van der Waals surface area (Å²) in [5.74, 6) is 0.0578. The van der Waals surface area contributed by atoms with Gasteiger partial charge in [0.25, 0.3) is 11.6 Å². The number of carbonyl (C=O) groups is 1. The third kappa shape index (κ3) is 3.35. The van der Waals surface area contributed by atoms with E-state index in [9.17, 15) is 14.9 Å². The second-order valence-electron chi connectivity index (χ2n) is 5.51. The number of benzene rings is 1. The van der Waals surface area contributed by atoms with Crippen molar-refractivity contribution in [2.75, 3.05) is 46.4 Å². The van der Waals surface area contributed by atoms with Crippen LogP contribution in [-0.4, -0.2) is 67.2 Å². The van der Waals surface area contributed by atoms with Crippen LogP contribution in [0.25, 0.3) is 0 Å². The molecule has 0 aliphatic carbocycles. The number of likely N-dealkylation sites (N-methyl/N-ethyl adjacent to an activating group) is 1. The molecule has 0 aromatic heterocycles. The standard InChI is InChI=1S/C14H18N4O5/c1-16-2-4-17(5-3-16)15-14(19)11-8-10(18(20)21)9-12-13(11)23-7-6-22-12/h8-9H,2-7H2,1H3,(H,15,19). The molecule has 23 heavy (non-hydrogen) atoms. The molecule has 0 radical (unpaired) electrons. The Morgan fingerprint density at radius 3 is 2.61 bits per heavy atom. The van der Waals surface area contributed by atoms with Crippen molar-refractivity contribution in [3.05, 3.63) is 27.8 Å². The number of nitrogens with zero attached hydrogens (tertiary/aromatic N) is 3. The molecule has 2 aliphatic rings. The fourth-order valence-electron chi connectivity index (χ4n) is 2.54. The Kier molecular flexibility index (Phi) is 4.30. The van der Waals surface area contributed by atoms with Crippen LogP contribution in [0.5, 0.6) is 11.5 Å². The number of piperazine rings is 1. The van der Waals surface area contributed by atoms with Crippen LogP contribution >= 0.6 is 0 Å². The van der Waals surface area contributed by atoms with E-state index in [0.29, 0.717) is 26.3 Å². The summed E-state index contributed by atoms with van der Waals surface area (Å²) >= 11 is 0. The predicted molar refractivity (Wildman–Crippen MR) is 80.6 cm³/mol. The van der Waals surface area contributed by atoms with Crippen LogP contribution in [0.1, 0.15) is 10.4 Å². The summed E-state index contributed by atoms with van der Waals surface area (Å²) < 4.78 is 10.9. The van der Waals surface area contributed by atoms with Crippen molar-refractivity contribution in [3.63, 3.8) is 0 Å². The van der Waals surface area contributed by atoms with Gasteiger partial charge in [0, 0.05) is 32.2 Å². The van der Waals surface area contributed by atoms with Gasteiger partial charge >= 0.3 is 0 Å². The van der Waals surface area contributed by atoms with Crippen molar-refractivity contribution in [2.45, 2.75) is 0 Å². The highest BCUT2D eigenvalue weighted by Crippen LogP contribution is 2.37. The fourth-order valence-corrected chi connectivity index (χ4v) is 2.54. The van der Waals surface area contributed by atoms with E-state index < -0.39 is 10.8 Å². The molecule has 1 saturated heterocycles. The Morgan fingerprint density at radius 1 is 1.22 bits per heavy atom. The van der Waals surface area contributed by atoms with Gasteiger partial charge in [-0.25, -0.2) is 5.01 Å². The third-order valence-electron chi connectivity index (χ3n) is 3.85. The molecule has 1 aromatic rings. The van der Waals surface area contributed by atoms with Crippen LogP contribution in [0.15, 0.2) is 12.1 Å². The minimum Gasteiger partial charge on any atom is -0.486 e. The zero-order chi connectivity index (χ0) is 16.4. The van der Waals surface area contributed by atoms with Crippen LogP contribution in [-0.2, 0) is 0 Å². The maximum Gasteiger partial charge on any atom is 0.274 e. The molecule has 3 rings (SSSR count). The van der Waals surface area contributed by atoms with Gasteiger partial charge in [0.2, 0.25) is 0 Å². The highest BCUT2D eigenvalue weighted by Gasteiger charge is 2.27. The van der Waals surface area contributed by atoms with Crippen molar-refractivity contribution >= 4 is 11.6 Å². The Hall–Kier alpha value is -2.39. The van der Waals surface area contributed by atoms with E-state index in [4.69, 9.17) is 9.47 Å². The van der Waals surface area contributed by atoms with Crippen molar-refractivity contribution < 1.29 is 19.2 Å². The first-order chi connectivity index (χ1) is 11.0. The molecule has 0 atom stereocenters. The SMILES string of the molecule is CN1CCN(NC(=O)c2cc([N+](=O)[O-])cc3c2OCCO3)CC1. The minimum absolute atomic E-state index is 0.118. The van der Waals surface area contributed by atoms with Crippen LogP contribution in [0, 0.1) is 10.1 Å². The highest BCUT2D eigenvalue weighted by molar-refractivity contribution is 5.98. The Bertz CT molecular complexity index is 628. The van der Waals surface area contributed by atoms with E-state index in [1.807, 2.05) is 7.05 Å². The molecular formula is C14H18N4O5. The van der Waals surface area contributed by atoms with E-state index in [-0.39, 0.29) is 22.7 Å². The van der Waals surface area contributed by atoms with Gasteiger partial charge in [0.05, 0.1) is 16.6 Å². The van der Waals surface area contributed by atoms with Crippen LogP contribution in [0.2, 0.25) is 0 Å². The lowest BCUT2D eigenvalue weighted by Crippen LogP contribution is -2.52. The molecule has 0 saturated carbocycles. The van der Waals surface area contributed by atoms with Gasteiger partial charge in [-0.3, -0.25) is 20.3 Å². The van der Waals surface area contributed by atoms with Gasteiger partial charge in [-0.15, -0.1) is 0 Å². The number of ether oxygens (including phenoxy) is 2. The number of nitrogens with one attached hydrogen (secondary N) is 1. The smallest absolute Gasteiger partial charge is 0.274 e. The Labute approximate surface area is 132 Å². The minimum atomic E-state index is -0.551. The van der Waals surface area contributed by atoms with Crippen molar-refractivity contribution in [1.29, 1.82) is 0 Å². The van der Waals surface area contributed by atoms with Crippen LogP contribution < -0.4 is 14.9 Å². The number of nitro groups is 1. The number of non-ortho nitro benzene ring substituents is 1. The first-order valence-corrected chi connectivity index (χ1v) is 7.37. The summed E-state index contributed by atoms with van der Waals surface area (Å²) in [5, 5.41) is 12.9. The summed E-state index contributed by atoms with van der Waals surface area (Å²) in [4.78, 5) is 25.2. The molecule has 0 unspecified atom stereocenters. The molecule has 1 N–H and O–H groups in total. The Balaban J connectivity index is 1.84. The average molecular weight is 322 g/mol. The molecule has 1 aromatic carbocycles. The summed E-state index contributed by atoms with van der Waals surface area (Å²) in [6.45, 7) is 3.67. The van der Waals surface area contributed by atoms with Crippen LogP contribution in [0.4, 0.5) is 5.69 Å². The number of hydrazine groups is 1. The van der Waals surface area contributed by atoms with E-state index >= 15 is 0 Å². The lowest BCUT2D eigenvalue weighted by molar-refractivity contribution is -0.385. The lowest BCUT2D eigenvalue weighted by Gasteiger charge is -2.32. The zero-order valence-electron chi connectivity index (χ0n) is 12.8. The lowest BCUT2D eigenvalue weighted by atomic mass is 10.1. The second kappa shape index (κ2) is 6.39. The molecule has 9 nitrogen and oxygen atoms in total. The normalized spacial score (nSPS) is 18.5. The maximum absolute atomic E-state index is 12.5. The first kappa shape index (κ1) is 15.5. The fraction of sp³-hybridized carbons (Fsp3) is 0.500. The molecule has 1 fully saturated rings. The number of nitro benzene ring substituents is 1. The quantitative estimate of drug-likeness (QED) is 0.629. The van der Waals surface area contributed by atoms with E-state index in [1.165, 1.54) is 12.1 Å². The number of hydrogen-bond donors (Lipinski definition) is 1. The maximum atomic E-state index is 12.5. The number of rotatable bonds is 3. The molecule has 1 amide bonds. The van der Waals surface area contributed by atoms with Crippen molar-refractivity contribution in [2.24, 2.45) is 0 Å². The summed E-state index contributed by atoms with van der Waals surface area (Å²) in [6.07, 6.45) is 0. The van der Waals surface area contributed by atoms with Gasteiger partial charge in [-0.1, -0.05) is 0 Å². The number of fused-ring (bicyclic) bond motifs is 1. The summed E-state index contributed by atoms with van der Waals surface area (Å²) in [5.41, 5.74) is 2.70. The van der Waals surface area contributed by atoms with Gasteiger partial charge in [-0.2, -0.15) is 0 Å². The summed E-state index contributed by atoms with van der Waals surface area (Å²) in [6, 6.07) is 2.50. The first-order valence-electron chi connectivity index (χ1n) is 7.37. The van der Waals surface area contributed by atoms with E-state index in [2.05, 4.69) is 10.3 Å². The van der Waals surface area contributed by atoms with Gasteiger partial charge < -0.3 is 14.4 Å². The number of hydrogen-bond acceptors (Lipinski definition) is 7. The van der Waals surface area contributed by atoms with E-state index in [1.54, 1.807) is 5.01 Å². The molecule has 9 heteroatoms. The monoisotopic (exact) mass is 322 g/mol. The molecule has 2 heterocycles. The zero-order valence-corrected chi connectivity index (χ0v) is 12.8. The van der Waals surface area contributed by atoms with Gasteiger partial charge in [0.1, 0.15) is 13.2 Å². The predicted octanol–water partition coefficient (Wildman–Crippen LogP) is 0.258. The molecule has 124 valence electrons. The van der Waals surface area contributed by atoms with Crippen LogP contribution in [0.3, 0.4) is 0 Å². The largest absolute Gasteiger partial charge is 0.486 e. The molecule has 2 aliphatic heterocycles. The highest BCUT2D eigenvalue weighted by atomic mass is 16.6. The van der Waals surface area contributed by atoms with Crippen molar-refractivity contribution in [3.8, 4) is 11.5 Å². The molecule has 0 spiro atoms. The van der Waals surface area contributed by atoms with Gasteiger partial charge in [-0.05, 0) is 7.05 Å². The molecule has 0 bridgehead atoms. The van der Waals surface area contributed by atoms with Gasteiger partial charge in [0.15, 0.2) is 11.5 Å². The average Bonchev–Trinajstić information content (AvgIpc) is 2.55. The third-order valence-corrected chi connectivity index (χ3v) is 3.85. The number of amides is 1. The summed E-state index contributed by atoms with van der Waals surface area (Å²) in [7, 11) is 2.02. The van der Waals surface area contributed by atoms with E-state index in [0.717, 1.165) is 13.1 Å². The topological polar surface area (TPSA) is 97.2 Å². The Morgan fingerprint density at radius 2 is 1.91 bits per heavy atom. The second-order valence-corrected chi connectivity index (χ2v) is 5.51. The number of carbonyl (C=O) groups excluding carboxylic acids is 1. The molecular weight excluding hydrogens is 304 g/mol. The van der Waals surface area contributed by atoms with Crippen molar-refractivity contribution in [1.82, 2.24) is 15.3 Å².